The quantitative estimate of drug-likeness (QED) is 0.913. The highest BCUT2D eigenvalue weighted by Crippen LogP contribution is 2.43. The highest BCUT2D eigenvalue weighted by molar-refractivity contribution is 5.93. The number of aromatic nitrogens is 1. The van der Waals surface area contributed by atoms with Gasteiger partial charge in [0.2, 0.25) is 0 Å². The minimum absolute atomic E-state index is 0.0199. The molecule has 1 amide bonds. The SMILES string of the molecule is O=C(NCc1ccccc1)c1ccc2n1CCNC21CCC1. The molecule has 1 aliphatic heterocycles. The molecule has 1 aromatic carbocycles. The minimum atomic E-state index is 0.0199. The van der Waals surface area contributed by atoms with E-state index in [1.165, 1.54) is 25.0 Å². The van der Waals surface area contributed by atoms with Crippen molar-refractivity contribution >= 4 is 5.91 Å². The third-order valence-corrected chi connectivity index (χ3v) is 5.01. The van der Waals surface area contributed by atoms with Crippen LogP contribution in [0.2, 0.25) is 0 Å². The van der Waals surface area contributed by atoms with Crippen LogP contribution in [0.5, 0.6) is 0 Å². The Labute approximate surface area is 130 Å². The van der Waals surface area contributed by atoms with Crippen LogP contribution in [-0.2, 0) is 18.6 Å². The van der Waals surface area contributed by atoms with Crippen LogP contribution < -0.4 is 10.6 Å². The molecule has 1 fully saturated rings. The van der Waals surface area contributed by atoms with Crippen LogP contribution in [0.1, 0.15) is 41.0 Å². The van der Waals surface area contributed by atoms with Crippen molar-refractivity contribution in [2.24, 2.45) is 0 Å². The van der Waals surface area contributed by atoms with E-state index in [1.54, 1.807) is 0 Å². The topological polar surface area (TPSA) is 46.1 Å². The minimum Gasteiger partial charge on any atom is -0.347 e. The number of rotatable bonds is 3. The first-order valence-corrected chi connectivity index (χ1v) is 8.06. The number of carbonyl (C=O) groups is 1. The van der Waals surface area contributed by atoms with Crippen molar-refractivity contribution in [2.75, 3.05) is 6.54 Å². The average Bonchev–Trinajstić information content (AvgIpc) is 2.96. The summed E-state index contributed by atoms with van der Waals surface area (Å²) in [6, 6.07) is 14.1. The fraction of sp³-hybridized carbons (Fsp3) is 0.389. The fourth-order valence-electron chi connectivity index (χ4n) is 3.65. The summed E-state index contributed by atoms with van der Waals surface area (Å²) in [7, 11) is 0. The predicted molar refractivity (Wildman–Crippen MR) is 85.6 cm³/mol. The van der Waals surface area contributed by atoms with Crippen LogP contribution in [-0.4, -0.2) is 17.0 Å². The molecule has 114 valence electrons. The Morgan fingerprint density at radius 1 is 1.18 bits per heavy atom. The second-order valence-corrected chi connectivity index (χ2v) is 6.29. The van der Waals surface area contributed by atoms with Gasteiger partial charge in [-0.05, 0) is 37.0 Å². The molecule has 0 atom stereocenters. The second-order valence-electron chi connectivity index (χ2n) is 6.29. The molecule has 1 saturated carbocycles. The maximum atomic E-state index is 12.5. The first-order chi connectivity index (χ1) is 10.8. The molecule has 0 unspecified atom stereocenters. The molecule has 1 aliphatic carbocycles. The smallest absolute Gasteiger partial charge is 0.268 e. The number of nitrogens with one attached hydrogen (secondary N) is 2. The van der Waals surface area contributed by atoms with E-state index in [0.29, 0.717) is 6.54 Å². The predicted octanol–water partition coefficient (Wildman–Crippen LogP) is 2.40. The van der Waals surface area contributed by atoms with Gasteiger partial charge in [-0.25, -0.2) is 0 Å². The summed E-state index contributed by atoms with van der Waals surface area (Å²) in [6.07, 6.45) is 3.64. The van der Waals surface area contributed by atoms with E-state index in [0.717, 1.165) is 24.3 Å². The maximum absolute atomic E-state index is 12.5. The third kappa shape index (κ3) is 2.15. The van der Waals surface area contributed by atoms with E-state index in [2.05, 4.69) is 21.3 Å². The summed E-state index contributed by atoms with van der Waals surface area (Å²) in [4.78, 5) is 12.5. The standard InChI is InChI=1S/C18H21N3O/c22-17(19-13-14-5-2-1-3-6-14)15-7-8-16-18(9-4-10-18)20-11-12-21(15)16/h1-3,5-8,20H,4,9-13H2,(H,19,22). The zero-order valence-corrected chi connectivity index (χ0v) is 12.6. The molecule has 2 aliphatic rings. The van der Waals surface area contributed by atoms with E-state index >= 15 is 0 Å². The Kier molecular flexibility index (Phi) is 3.26. The number of hydrogen-bond acceptors (Lipinski definition) is 2. The number of benzene rings is 1. The lowest BCUT2D eigenvalue weighted by Crippen LogP contribution is -2.54. The van der Waals surface area contributed by atoms with Crippen LogP contribution in [0.15, 0.2) is 42.5 Å². The van der Waals surface area contributed by atoms with Crippen molar-refractivity contribution in [3.8, 4) is 0 Å². The van der Waals surface area contributed by atoms with Crippen LogP contribution in [0.4, 0.5) is 0 Å². The lowest BCUT2D eigenvalue weighted by Gasteiger charge is -2.46. The fourth-order valence-corrected chi connectivity index (χ4v) is 3.65. The number of amides is 1. The van der Waals surface area contributed by atoms with E-state index in [9.17, 15) is 4.79 Å². The molecule has 2 aromatic rings. The Hall–Kier alpha value is -2.07. The first kappa shape index (κ1) is 13.6. The molecule has 4 heteroatoms. The normalized spacial score (nSPS) is 18.5. The molecule has 4 rings (SSSR count). The average molecular weight is 295 g/mol. The Bertz CT molecular complexity index is 686. The van der Waals surface area contributed by atoms with Crippen molar-refractivity contribution in [2.45, 2.75) is 37.9 Å². The van der Waals surface area contributed by atoms with Crippen molar-refractivity contribution in [1.29, 1.82) is 0 Å². The molecule has 1 aromatic heterocycles. The van der Waals surface area contributed by atoms with Gasteiger partial charge in [0.15, 0.2) is 0 Å². The molecular formula is C18H21N3O. The van der Waals surface area contributed by atoms with Crippen LogP contribution in [0.3, 0.4) is 0 Å². The Morgan fingerprint density at radius 2 is 2.00 bits per heavy atom. The summed E-state index contributed by atoms with van der Waals surface area (Å²) in [5.74, 6) is 0.0199. The molecule has 0 saturated heterocycles. The molecule has 1 spiro atoms. The highest BCUT2D eigenvalue weighted by atomic mass is 16.1. The van der Waals surface area contributed by atoms with Crippen molar-refractivity contribution in [1.82, 2.24) is 15.2 Å². The first-order valence-electron chi connectivity index (χ1n) is 8.06. The monoisotopic (exact) mass is 295 g/mol. The Balaban J connectivity index is 1.52. The second kappa shape index (κ2) is 5.29. The molecular weight excluding hydrogens is 274 g/mol. The molecule has 0 radical (unpaired) electrons. The molecule has 22 heavy (non-hydrogen) atoms. The zero-order valence-electron chi connectivity index (χ0n) is 12.6. The number of nitrogens with zero attached hydrogens (tertiary/aromatic N) is 1. The van der Waals surface area contributed by atoms with Gasteiger partial charge >= 0.3 is 0 Å². The molecule has 4 nitrogen and oxygen atoms in total. The van der Waals surface area contributed by atoms with E-state index < -0.39 is 0 Å². The van der Waals surface area contributed by atoms with Gasteiger partial charge in [-0.1, -0.05) is 30.3 Å². The summed E-state index contributed by atoms with van der Waals surface area (Å²) in [5, 5.41) is 6.68. The Morgan fingerprint density at radius 3 is 2.73 bits per heavy atom. The third-order valence-electron chi connectivity index (χ3n) is 5.01. The van der Waals surface area contributed by atoms with E-state index in [4.69, 9.17) is 0 Å². The van der Waals surface area contributed by atoms with Gasteiger partial charge < -0.3 is 15.2 Å². The van der Waals surface area contributed by atoms with Gasteiger partial charge in [-0.2, -0.15) is 0 Å². The van der Waals surface area contributed by atoms with Gasteiger partial charge in [-0.3, -0.25) is 4.79 Å². The summed E-state index contributed by atoms with van der Waals surface area (Å²) in [6.45, 7) is 2.39. The molecule has 2 heterocycles. The summed E-state index contributed by atoms with van der Waals surface area (Å²) >= 11 is 0. The number of hydrogen-bond donors (Lipinski definition) is 2. The van der Waals surface area contributed by atoms with Crippen molar-refractivity contribution < 1.29 is 4.79 Å². The molecule has 2 N–H and O–H groups in total. The maximum Gasteiger partial charge on any atom is 0.268 e. The van der Waals surface area contributed by atoms with E-state index in [1.807, 2.05) is 36.4 Å². The van der Waals surface area contributed by atoms with Crippen LogP contribution in [0, 0.1) is 0 Å². The van der Waals surface area contributed by atoms with Crippen molar-refractivity contribution in [3.63, 3.8) is 0 Å². The highest BCUT2D eigenvalue weighted by Gasteiger charge is 2.43. The number of fused-ring (bicyclic) bond motifs is 2. The summed E-state index contributed by atoms with van der Waals surface area (Å²) in [5.41, 5.74) is 3.34. The zero-order chi connectivity index (χ0) is 15.0. The van der Waals surface area contributed by atoms with E-state index in [-0.39, 0.29) is 11.4 Å². The number of carbonyl (C=O) groups excluding carboxylic acids is 1. The van der Waals surface area contributed by atoms with Gasteiger partial charge in [-0.15, -0.1) is 0 Å². The van der Waals surface area contributed by atoms with Gasteiger partial charge in [0.25, 0.3) is 5.91 Å². The van der Waals surface area contributed by atoms with Crippen LogP contribution in [0.25, 0.3) is 0 Å². The molecule has 0 bridgehead atoms. The van der Waals surface area contributed by atoms with Gasteiger partial charge in [0.1, 0.15) is 5.69 Å². The van der Waals surface area contributed by atoms with Crippen molar-refractivity contribution in [3.05, 3.63) is 59.4 Å². The lowest BCUT2D eigenvalue weighted by atomic mass is 9.73. The van der Waals surface area contributed by atoms with Gasteiger partial charge in [0.05, 0.1) is 5.54 Å². The largest absolute Gasteiger partial charge is 0.347 e. The van der Waals surface area contributed by atoms with Gasteiger partial charge in [0, 0.05) is 25.3 Å². The summed E-state index contributed by atoms with van der Waals surface area (Å²) < 4.78 is 2.20. The van der Waals surface area contributed by atoms with Crippen LogP contribution >= 0.6 is 0 Å². The lowest BCUT2D eigenvalue weighted by molar-refractivity contribution is 0.0933.